The molecule has 0 saturated heterocycles. The first kappa shape index (κ1) is 16.3. The van der Waals surface area contributed by atoms with Crippen molar-refractivity contribution in [2.45, 2.75) is 18.7 Å². The lowest BCUT2D eigenvalue weighted by molar-refractivity contribution is -0.0191. The van der Waals surface area contributed by atoms with Crippen molar-refractivity contribution in [2.24, 2.45) is 5.10 Å². The molecule has 3 aliphatic rings. The van der Waals surface area contributed by atoms with Crippen LogP contribution in [0.1, 0.15) is 35.4 Å². The Hall–Kier alpha value is -3.67. The monoisotopic (exact) mass is 386 g/mol. The number of fused-ring (bicyclic) bond motifs is 4. The van der Waals surface area contributed by atoms with Crippen LogP contribution >= 0.6 is 0 Å². The lowest BCUT2D eigenvalue weighted by Gasteiger charge is -2.38. The molecule has 6 rings (SSSR count). The molecule has 3 aromatic carbocycles. The van der Waals surface area contributed by atoms with Crippen LogP contribution in [-0.2, 0) is 0 Å². The van der Waals surface area contributed by atoms with Gasteiger partial charge >= 0.3 is 0 Å². The number of para-hydroxylation sites is 2. The van der Waals surface area contributed by atoms with Crippen LogP contribution in [-0.4, -0.2) is 22.6 Å². The molecule has 1 N–H and O–H groups in total. The third-order valence-corrected chi connectivity index (χ3v) is 5.60. The maximum Gasteiger partial charge on any atom is 0.231 e. The minimum Gasteiger partial charge on any atom is -0.507 e. The first-order valence-electron chi connectivity index (χ1n) is 9.57. The smallest absolute Gasteiger partial charge is 0.231 e. The van der Waals surface area contributed by atoms with Crippen LogP contribution in [0.15, 0.2) is 71.8 Å². The van der Waals surface area contributed by atoms with Crippen molar-refractivity contribution in [1.82, 2.24) is 5.01 Å². The van der Waals surface area contributed by atoms with E-state index in [0.29, 0.717) is 12.2 Å². The maximum absolute atomic E-state index is 10.3. The van der Waals surface area contributed by atoms with Gasteiger partial charge < -0.3 is 19.3 Å². The van der Waals surface area contributed by atoms with Crippen LogP contribution in [0.3, 0.4) is 0 Å². The molecule has 3 heterocycles. The Balaban J connectivity index is 1.46. The van der Waals surface area contributed by atoms with Crippen molar-refractivity contribution in [2.75, 3.05) is 6.79 Å². The van der Waals surface area contributed by atoms with Gasteiger partial charge in [0.05, 0.1) is 11.8 Å². The number of aromatic hydroxyl groups is 1. The molecule has 2 atom stereocenters. The Kier molecular flexibility index (Phi) is 3.47. The van der Waals surface area contributed by atoms with Crippen LogP contribution in [0.2, 0.25) is 0 Å². The summed E-state index contributed by atoms with van der Waals surface area (Å²) in [7, 11) is 0. The van der Waals surface area contributed by atoms with E-state index in [2.05, 4.69) is 6.07 Å². The molecule has 6 heteroatoms. The predicted molar refractivity (Wildman–Crippen MR) is 106 cm³/mol. The van der Waals surface area contributed by atoms with Crippen LogP contribution < -0.4 is 14.2 Å². The van der Waals surface area contributed by atoms with E-state index in [4.69, 9.17) is 19.3 Å². The van der Waals surface area contributed by atoms with E-state index in [-0.39, 0.29) is 18.6 Å². The Morgan fingerprint density at radius 3 is 2.66 bits per heavy atom. The minimum absolute atomic E-state index is 0.0324. The van der Waals surface area contributed by atoms with Gasteiger partial charge in [-0.3, -0.25) is 0 Å². The molecule has 3 aromatic rings. The average Bonchev–Trinajstić information content (AvgIpc) is 3.40. The van der Waals surface area contributed by atoms with Gasteiger partial charge in [-0.15, -0.1) is 0 Å². The third-order valence-electron chi connectivity index (χ3n) is 5.60. The summed E-state index contributed by atoms with van der Waals surface area (Å²) < 4.78 is 17.4. The summed E-state index contributed by atoms with van der Waals surface area (Å²) in [6.45, 7) is 0.231. The third kappa shape index (κ3) is 2.52. The number of nitrogens with zero attached hydrogens (tertiary/aromatic N) is 2. The van der Waals surface area contributed by atoms with Crippen molar-refractivity contribution in [3.63, 3.8) is 0 Å². The standard InChI is InChI=1S/C23H18N2O4/c26-19-7-3-1-5-15(19)17-12-18-16-6-2-4-8-20(16)29-23(25(18)24-17)14-9-10-21-22(11-14)28-13-27-21/h1-11,18,23,26H,12-13H2/t18-,23+/m1/s1. The van der Waals surface area contributed by atoms with Crippen molar-refractivity contribution in [3.8, 4) is 23.0 Å². The van der Waals surface area contributed by atoms with E-state index in [1.54, 1.807) is 6.07 Å². The summed E-state index contributed by atoms with van der Waals surface area (Å²) in [5.41, 5.74) is 3.64. The number of hydrogen-bond acceptors (Lipinski definition) is 6. The molecule has 0 spiro atoms. The number of rotatable bonds is 2. The summed E-state index contributed by atoms with van der Waals surface area (Å²) in [4.78, 5) is 0. The van der Waals surface area contributed by atoms with Gasteiger partial charge in [0.15, 0.2) is 11.5 Å². The molecule has 0 fully saturated rings. The van der Waals surface area contributed by atoms with Crippen molar-refractivity contribution < 1.29 is 19.3 Å². The fourth-order valence-corrected chi connectivity index (χ4v) is 4.20. The number of hydrogen-bond donors (Lipinski definition) is 1. The Labute approximate surface area is 167 Å². The number of benzene rings is 3. The van der Waals surface area contributed by atoms with Crippen molar-refractivity contribution in [1.29, 1.82) is 0 Å². The van der Waals surface area contributed by atoms with E-state index in [1.165, 1.54) is 0 Å². The molecule has 29 heavy (non-hydrogen) atoms. The second-order valence-corrected chi connectivity index (χ2v) is 7.28. The van der Waals surface area contributed by atoms with Gasteiger partial charge in [-0.2, -0.15) is 5.10 Å². The van der Waals surface area contributed by atoms with Gasteiger partial charge in [0.1, 0.15) is 11.5 Å². The van der Waals surface area contributed by atoms with Crippen LogP contribution in [0.25, 0.3) is 0 Å². The first-order valence-corrected chi connectivity index (χ1v) is 9.57. The molecule has 0 aliphatic carbocycles. The normalized spacial score (nSPS) is 21.2. The Bertz CT molecular complexity index is 1140. The van der Waals surface area contributed by atoms with Crippen molar-refractivity contribution in [3.05, 3.63) is 83.4 Å². The second kappa shape index (κ2) is 6.17. The van der Waals surface area contributed by atoms with Crippen LogP contribution in [0, 0.1) is 0 Å². The zero-order valence-electron chi connectivity index (χ0n) is 15.5. The Morgan fingerprint density at radius 1 is 0.897 bits per heavy atom. The summed E-state index contributed by atoms with van der Waals surface area (Å²) in [6.07, 6.45) is 0.298. The van der Waals surface area contributed by atoms with Gasteiger partial charge in [0, 0.05) is 23.1 Å². The zero-order valence-corrected chi connectivity index (χ0v) is 15.5. The molecule has 0 aromatic heterocycles. The second-order valence-electron chi connectivity index (χ2n) is 7.28. The lowest BCUT2D eigenvalue weighted by atomic mass is 9.95. The van der Waals surface area contributed by atoms with E-state index in [1.807, 2.05) is 59.6 Å². The molecular weight excluding hydrogens is 368 g/mol. The van der Waals surface area contributed by atoms with Gasteiger partial charge in [0.2, 0.25) is 13.0 Å². The topological polar surface area (TPSA) is 63.5 Å². The minimum atomic E-state index is -0.396. The zero-order chi connectivity index (χ0) is 19.4. The highest BCUT2D eigenvalue weighted by atomic mass is 16.7. The molecule has 0 saturated carbocycles. The maximum atomic E-state index is 10.3. The quantitative estimate of drug-likeness (QED) is 0.709. The molecular formula is C23H18N2O4. The van der Waals surface area contributed by atoms with Crippen LogP contribution in [0.4, 0.5) is 0 Å². The molecule has 0 radical (unpaired) electrons. The van der Waals surface area contributed by atoms with Gasteiger partial charge in [-0.1, -0.05) is 30.3 Å². The molecule has 6 nitrogen and oxygen atoms in total. The van der Waals surface area contributed by atoms with Gasteiger partial charge in [-0.25, -0.2) is 5.01 Å². The average molecular weight is 386 g/mol. The van der Waals surface area contributed by atoms with Crippen molar-refractivity contribution >= 4 is 5.71 Å². The summed E-state index contributed by atoms with van der Waals surface area (Å²) in [6, 6.07) is 21.2. The summed E-state index contributed by atoms with van der Waals surface area (Å²) in [5, 5.41) is 17.2. The number of phenolic OH excluding ortho intramolecular Hbond substituents is 1. The highest BCUT2D eigenvalue weighted by Crippen LogP contribution is 2.48. The molecule has 144 valence electrons. The van der Waals surface area contributed by atoms with E-state index < -0.39 is 6.23 Å². The van der Waals surface area contributed by atoms with E-state index in [9.17, 15) is 5.11 Å². The molecule has 0 amide bonds. The number of ether oxygens (including phenoxy) is 3. The summed E-state index contributed by atoms with van der Waals surface area (Å²) in [5.74, 6) is 2.54. The highest BCUT2D eigenvalue weighted by Gasteiger charge is 2.41. The SMILES string of the molecule is Oc1ccccc1C1=NN2[C@H](C1)c1ccccc1O[C@H]2c1ccc2c(c1)OCO2. The molecule has 0 unspecified atom stereocenters. The largest absolute Gasteiger partial charge is 0.507 e. The van der Waals surface area contributed by atoms with E-state index >= 15 is 0 Å². The Morgan fingerprint density at radius 2 is 1.72 bits per heavy atom. The number of hydrazone groups is 1. The molecule has 3 aliphatic heterocycles. The molecule has 0 bridgehead atoms. The van der Waals surface area contributed by atoms with Gasteiger partial charge in [0.25, 0.3) is 0 Å². The van der Waals surface area contributed by atoms with Crippen LogP contribution in [0.5, 0.6) is 23.0 Å². The predicted octanol–water partition coefficient (Wildman–Crippen LogP) is 4.36. The first-order chi connectivity index (χ1) is 14.3. The highest BCUT2D eigenvalue weighted by molar-refractivity contribution is 6.04. The lowest BCUT2D eigenvalue weighted by Crippen LogP contribution is -2.33. The van der Waals surface area contributed by atoms with Gasteiger partial charge in [-0.05, 0) is 36.4 Å². The summed E-state index contributed by atoms with van der Waals surface area (Å²) >= 11 is 0. The van der Waals surface area contributed by atoms with E-state index in [0.717, 1.165) is 33.9 Å². The fraction of sp³-hybridized carbons (Fsp3) is 0.174. The number of phenols is 1. The fourth-order valence-electron chi connectivity index (χ4n) is 4.20.